The molecule has 0 saturated carbocycles. The second-order valence-electron chi connectivity index (χ2n) is 5.73. The van der Waals surface area contributed by atoms with Gasteiger partial charge in [-0.3, -0.25) is 4.79 Å². The highest BCUT2D eigenvalue weighted by molar-refractivity contribution is 6.18. The third-order valence-electron chi connectivity index (χ3n) is 4.32. The number of aryl methyl sites for hydroxylation is 2. The van der Waals surface area contributed by atoms with E-state index in [2.05, 4.69) is 16.0 Å². The van der Waals surface area contributed by atoms with E-state index in [1.165, 1.54) is 0 Å². The Kier molecular flexibility index (Phi) is 4.53. The molecule has 0 aliphatic heterocycles. The smallest absolute Gasteiger partial charge is 0.213 e. The minimum absolute atomic E-state index is 0.0557. The summed E-state index contributed by atoms with van der Waals surface area (Å²) in [5, 5.41) is 9.92. The molecular formula is C20H19N3O2. The van der Waals surface area contributed by atoms with Crippen molar-refractivity contribution in [2.24, 2.45) is 0 Å². The summed E-state index contributed by atoms with van der Waals surface area (Å²) in [7, 11) is 1.56. The van der Waals surface area contributed by atoms with Crippen LogP contribution >= 0.6 is 0 Å². The van der Waals surface area contributed by atoms with E-state index in [1.807, 2.05) is 19.9 Å². The number of carbonyl (C=O) groups excluding carboxylic acids is 1. The Morgan fingerprint density at radius 1 is 1.24 bits per heavy atom. The molecular weight excluding hydrogens is 314 g/mol. The molecule has 1 N–H and O–H groups in total. The molecule has 5 heteroatoms. The fourth-order valence-corrected chi connectivity index (χ4v) is 3.05. The first-order valence-electron chi connectivity index (χ1n) is 8.26. The number of benzene rings is 1. The third-order valence-corrected chi connectivity index (χ3v) is 4.32. The number of nitriles is 1. The lowest BCUT2D eigenvalue weighted by atomic mass is 9.97. The summed E-state index contributed by atoms with van der Waals surface area (Å²) in [6.07, 6.45) is 1.34. The molecule has 0 atom stereocenters. The van der Waals surface area contributed by atoms with E-state index in [4.69, 9.17) is 10.00 Å². The van der Waals surface area contributed by atoms with Crippen molar-refractivity contribution in [3.05, 3.63) is 58.4 Å². The van der Waals surface area contributed by atoms with E-state index in [0.717, 1.165) is 22.3 Å². The van der Waals surface area contributed by atoms with Crippen LogP contribution in [0.5, 0.6) is 5.88 Å². The molecule has 3 aromatic rings. The number of H-pyrrole nitrogens is 1. The zero-order valence-corrected chi connectivity index (χ0v) is 14.5. The molecule has 126 valence electrons. The second kappa shape index (κ2) is 6.78. The molecule has 0 amide bonds. The Bertz CT molecular complexity index is 996. The molecule has 2 aromatic heterocycles. The van der Waals surface area contributed by atoms with Gasteiger partial charge in [0.15, 0.2) is 5.78 Å². The standard InChI is InChI=1S/C20H19N3O2/c1-4-15-14(8-9-18(23-15)25-3)20(24)19-13-7-6-12(11-21)10-17(13)22-16(19)5-2/h6-10,22H,4-5H2,1-3H3. The minimum Gasteiger partial charge on any atom is -0.481 e. The number of carbonyl (C=O) groups is 1. The van der Waals surface area contributed by atoms with Crippen LogP contribution in [0.2, 0.25) is 0 Å². The molecule has 0 fully saturated rings. The van der Waals surface area contributed by atoms with Crippen molar-refractivity contribution in [2.45, 2.75) is 26.7 Å². The van der Waals surface area contributed by atoms with Crippen molar-refractivity contribution in [2.75, 3.05) is 7.11 Å². The lowest BCUT2D eigenvalue weighted by molar-refractivity contribution is 0.103. The predicted octanol–water partition coefficient (Wildman–Crippen LogP) is 3.80. The SMILES string of the molecule is CCc1nc(OC)ccc1C(=O)c1c(CC)[nH]c2cc(C#N)ccc12. The van der Waals surface area contributed by atoms with Crippen molar-refractivity contribution in [3.63, 3.8) is 0 Å². The average molecular weight is 333 g/mol. The number of aromatic amines is 1. The lowest BCUT2D eigenvalue weighted by Gasteiger charge is -2.09. The topological polar surface area (TPSA) is 78.8 Å². The first-order valence-corrected chi connectivity index (χ1v) is 8.26. The van der Waals surface area contributed by atoms with Gasteiger partial charge in [0, 0.05) is 28.2 Å². The molecule has 0 bridgehead atoms. The number of pyridine rings is 1. The van der Waals surface area contributed by atoms with Crippen molar-refractivity contribution >= 4 is 16.7 Å². The maximum atomic E-state index is 13.3. The Morgan fingerprint density at radius 3 is 2.68 bits per heavy atom. The largest absolute Gasteiger partial charge is 0.481 e. The monoisotopic (exact) mass is 333 g/mol. The molecule has 0 aliphatic carbocycles. The summed E-state index contributed by atoms with van der Waals surface area (Å²) in [5.74, 6) is 0.446. The van der Waals surface area contributed by atoms with Crippen LogP contribution in [-0.2, 0) is 12.8 Å². The van der Waals surface area contributed by atoms with Gasteiger partial charge in [0.05, 0.1) is 30.0 Å². The Balaban J connectivity index is 2.19. The summed E-state index contributed by atoms with van der Waals surface area (Å²) < 4.78 is 5.16. The summed E-state index contributed by atoms with van der Waals surface area (Å²) >= 11 is 0. The van der Waals surface area contributed by atoms with Gasteiger partial charge in [0.25, 0.3) is 0 Å². The number of fused-ring (bicyclic) bond motifs is 1. The number of hydrogen-bond acceptors (Lipinski definition) is 4. The maximum absolute atomic E-state index is 13.3. The lowest BCUT2D eigenvalue weighted by Crippen LogP contribution is -2.09. The normalized spacial score (nSPS) is 10.6. The van der Waals surface area contributed by atoms with Gasteiger partial charge in [-0.1, -0.05) is 19.9 Å². The van der Waals surface area contributed by atoms with Gasteiger partial charge in [-0.25, -0.2) is 4.98 Å². The number of hydrogen-bond donors (Lipinski definition) is 1. The number of nitrogens with zero attached hydrogens (tertiary/aromatic N) is 2. The molecule has 0 radical (unpaired) electrons. The van der Waals surface area contributed by atoms with E-state index >= 15 is 0 Å². The van der Waals surface area contributed by atoms with Gasteiger partial charge in [-0.05, 0) is 31.0 Å². The molecule has 1 aromatic carbocycles. The van der Waals surface area contributed by atoms with E-state index in [9.17, 15) is 4.79 Å². The van der Waals surface area contributed by atoms with Crippen LogP contribution in [-0.4, -0.2) is 22.9 Å². The average Bonchev–Trinajstić information content (AvgIpc) is 3.04. The van der Waals surface area contributed by atoms with Gasteiger partial charge in [0.2, 0.25) is 5.88 Å². The van der Waals surface area contributed by atoms with Crippen LogP contribution in [0.1, 0.15) is 46.7 Å². The molecule has 5 nitrogen and oxygen atoms in total. The van der Waals surface area contributed by atoms with Crippen molar-refractivity contribution in [1.82, 2.24) is 9.97 Å². The van der Waals surface area contributed by atoms with E-state index < -0.39 is 0 Å². The van der Waals surface area contributed by atoms with Crippen molar-refractivity contribution < 1.29 is 9.53 Å². The number of rotatable bonds is 5. The van der Waals surface area contributed by atoms with Crippen LogP contribution in [0, 0.1) is 11.3 Å². The Morgan fingerprint density at radius 2 is 2.04 bits per heavy atom. The molecule has 0 saturated heterocycles. The van der Waals surface area contributed by atoms with Gasteiger partial charge in [0.1, 0.15) is 0 Å². The van der Waals surface area contributed by atoms with Crippen LogP contribution in [0.15, 0.2) is 30.3 Å². The second-order valence-corrected chi connectivity index (χ2v) is 5.73. The summed E-state index contributed by atoms with van der Waals surface area (Å²) in [6, 6.07) is 11.0. The molecule has 25 heavy (non-hydrogen) atoms. The Hall–Kier alpha value is -3.13. The van der Waals surface area contributed by atoms with Gasteiger partial charge in [-0.2, -0.15) is 5.26 Å². The zero-order valence-electron chi connectivity index (χ0n) is 14.5. The van der Waals surface area contributed by atoms with Crippen molar-refractivity contribution in [1.29, 1.82) is 5.26 Å². The summed E-state index contributed by atoms with van der Waals surface area (Å²) in [5.41, 5.74) is 4.20. The maximum Gasteiger partial charge on any atom is 0.213 e. The number of ether oxygens (including phenoxy) is 1. The number of aromatic nitrogens is 2. The van der Waals surface area contributed by atoms with Crippen LogP contribution in [0.3, 0.4) is 0 Å². The van der Waals surface area contributed by atoms with E-state index in [-0.39, 0.29) is 5.78 Å². The summed E-state index contributed by atoms with van der Waals surface area (Å²) in [6.45, 7) is 3.97. The van der Waals surface area contributed by atoms with Crippen LogP contribution < -0.4 is 4.74 Å². The van der Waals surface area contributed by atoms with Crippen molar-refractivity contribution in [3.8, 4) is 11.9 Å². The first kappa shape index (κ1) is 16.7. The zero-order chi connectivity index (χ0) is 18.0. The number of ketones is 1. The van der Waals surface area contributed by atoms with E-state index in [1.54, 1.807) is 31.4 Å². The van der Waals surface area contributed by atoms with Gasteiger partial charge in [-0.15, -0.1) is 0 Å². The fraction of sp³-hybridized carbons (Fsp3) is 0.250. The number of methoxy groups -OCH3 is 1. The molecule has 0 unspecified atom stereocenters. The van der Waals surface area contributed by atoms with Crippen LogP contribution in [0.25, 0.3) is 10.9 Å². The highest BCUT2D eigenvalue weighted by Gasteiger charge is 2.22. The van der Waals surface area contributed by atoms with Gasteiger partial charge < -0.3 is 9.72 Å². The quantitative estimate of drug-likeness (QED) is 0.720. The third kappa shape index (κ3) is 2.87. The highest BCUT2D eigenvalue weighted by atomic mass is 16.5. The molecule has 2 heterocycles. The minimum atomic E-state index is -0.0557. The Labute approximate surface area is 146 Å². The number of nitrogens with one attached hydrogen (secondary N) is 1. The van der Waals surface area contributed by atoms with E-state index in [0.29, 0.717) is 35.4 Å². The predicted molar refractivity (Wildman–Crippen MR) is 96.0 cm³/mol. The van der Waals surface area contributed by atoms with Gasteiger partial charge >= 0.3 is 0 Å². The molecule has 3 rings (SSSR count). The molecule has 0 aliphatic rings. The fourth-order valence-electron chi connectivity index (χ4n) is 3.05. The first-order chi connectivity index (χ1) is 12.1. The molecule has 0 spiro atoms. The highest BCUT2D eigenvalue weighted by Crippen LogP contribution is 2.28. The summed E-state index contributed by atoms with van der Waals surface area (Å²) in [4.78, 5) is 21.0. The van der Waals surface area contributed by atoms with Crippen LogP contribution in [0.4, 0.5) is 0 Å².